The Bertz CT molecular complexity index is 756. The number of carbonyl (C=O) groups excluding carboxylic acids is 1. The highest BCUT2D eigenvalue weighted by atomic mass is 16.5. The number of hydrogen-bond acceptors (Lipinski definition) is 5. The van der Waals surface area contributed by atoms with Gasteiger partial charge in [0.2, 0.25) is 0 Å². The van der Waals surface area contributed by atoms with E-state index in [2.05, 4.69) is 20.9 Å². The first-order valence-corrected chi connectivity index (χ1v) is 11.8. The minimum Gasteiger partial charge on any atom is -0.489 e. The number of hydrogen-bond donors (Lipinski definition) is 0. The number of fused-ring (bicyclic) bond motifs is 1. The summed E-state index contributed by atoms with van der Waals surface area (Å²) in [6, 6.07) is 2.09. The molecule has 0 bridgehead atoms. The smallest absolute Gasteiger partial charge is 0.171 e. The number of piperazine rings is 1. The molecular weight excluding hydrogens is 374 g/mol. The summed E-state index contributed by atoms with van der Waals surface area (Å²) in [4.78, 5) is 21.7. The van der Waals surface area contributed by atoms with Gasteiger partial charge in [0.1, 0.15) is 0 Å². The maximum absolute atomic E-state index is 12.0. The minimum absolute atomic E-state index is 0.320. The maximum Gasteiger partial charge on any atom is 0.171 e. The van der Waals surface area contributed by atoms with Crippen LogP contribution in [0.2, 0.25) is 0 Å². The fourth-order valence-corrected chi connectivity index (χ4v) is 5.26. The summed E-state index contributed by atoms with van der Waals surface area (Å²) in [5.74, 6) is 3.83. The Kier molecular flexibility index (Phi) is 7.08. The van der Waals surface area contributed by atoms with E-state index in [0.29, 0.717) is 11.7 Å². The van der Waals surface area contributed by atoms with E-state index >= 15 is 0 Å². The number of ether oxygens (including phenoxy) is 1. The lowest BCUT2D eigenvalue weighted by molar-refractivity contribution is -0.115. The first kappa shape index (κ1) is 21.4. The SMILES string of the molecule is CC(C)=CC(=O)CC1CCC(CCN2CCN(c3nccc4c3OCC4)CC2)CC1. The van der Waals surface area contributed by atoms with E-state index in [-0.39, 0.29) is 0 Å². The van der Waals surface area contributed by atoms with Crippen molar-refractivity contribution in [3.63, 3.8) is 0 Å². The second-order valence-electron chi connectivity index (χ2n) is 9.62. The molecule has 3 aliphatic rings. The summed E-state index contributed by atoms with van der Waals surface area (Å²) in [6.45, 7) is 10.3. The lowest BCUT2D eigenvalue weighted by Crippen LogP contribution is -2.47. The lowest BCUT2D eigenvalue weighted by Gasteiger charge is -2.37. The molecule has 1 aromatic rings. The van der Waals surface area contributed by atoms with E-state index in [9.17, 15) is 4.79 Å². The molecule has 1 aromatic heterocycles. The van der Waals surface area contributed by atoms with Crippen molar-refractivity contribution in [2.24, 2.45) is 11.8 Å². The Morgan fingerprint density at radius 3 is 2.60 bits per heavy atom. The molecule has 3 heterocycles. The summed E-state index contributed by atoms with van der Waals surface area (Å²) < 4.78 is 5.85. The highest BCUT2D eigenvalue weighted by Crippen LogP contribution is 2.35. The van der Waals surface area contributed by atoms with Crippen LogP contribution < -0.4 is 9.64 Å². The topological polar surface area (TPSA) is 45.7 Å². The normalized spacial score (nSPS) is 24.3. The van der Waals surface area contributed by atoms with Gasteiger partial charge in [0.15, 0.2) is 17.4 Å². The predicted octanol–water partition coefficient (Wildman–Crippen LogP) is 4.26. The zero-order chi connectivity index (χ0) is 20.9. The molecule has 0 N–H and O–H groups in total. The standard InChI is InChI=1S/C25H37N3O2/c1-19(2)17-23(29)18-21-5-3-20(4-6-21)8-11-27-12-14-28(15-13-27)25-24-22(7-10-26-25)9-16-30-24/h7,10,17,20-21H,3-6,8-9,11-16,18H2,1-2H3. The quantitative estimate of drug-likeness (QED) is 0.628. The number of aromatic nitrogens is 1. The molecule has 164 valence electrons. The Morgan fingerprint density at radius 1 is 1.13 bits per heavy atom. The van der Waals surface area contributed by atoms with Gasteiger partial charge in [-0.05, 0) is 63.6 Å². The van der Waals surface area contributed by atoms with Crippen molar-refractivity contribution in [3.05, 3.63) is 29.5 Å². The van der Waals surface area contributed by atoms with Crippen molar-refractivity contribution in [1.29, 1.82) is 0 Å². The van der Waals surface area contributed by atoms with E-state index in [4.69, 9.17) is 4.74 Å². The first-order chi connectivity index (χ1) is 14.6. The monoisotopic (exact) mass is 411 g/mol. The summed E-state index contributed by atoms with van der Waals surface area (Å²) in [6.07, 6.45) is 11.9. The van der Waals surface area contributed by atoms with Crippen LogP contribution in [0, 0.1) is 11.8 Å². The van der Waals surface area contributed by atoms with Crippen LogP contribution in [0.3, 0.4) is 0 Å². The van der Waals surface area contributed by atoms with Crippen molar-refractivity contribution in [1.82, 2.24) is 9.88 Å². The summed E-state index contributed by atoms with van der Waals surface area (Å²) in [5.41, 5.74) is 2.43. The molecule has 4 rings (SSSR count). The molecule has 0 amide bonds. The van der Waals surface area contributed by atoms with Crippen molar-refractivity contribution in [2.75, 3.05) is 44.2 Å². The second-order valence-corrected chi connectivity index (χ2v) is 9.62. The Balaban J connectivity index is 1.16. The zero-order valence-corrected chi connectivity index (χ0v) is 18.7. The fourth-order valence-electron chi connectivity index (χ4n) is 5.26. The third kappa shape index (κ3) is 5.42. The van der Waals surface area contributed by atoms with Crippen LogP contribution in [0.25, 0.3) is 0 Å². The van der Waals surface area contributed by atoms with Crippen LogP contribution in [0.4, 0.5) is 5.82 Å². The number of rotatable bonds is 7. The van der Waals surface area contributed by atoms with E-state index in [0.717, 1.165) is 68.7 Å². The van der Waals surface area contributed by atoms with Gasteiger partial charge in [0.05, 0.1) is 6.61 Å². The van der Waals surface area contributed by atoms with E-state index in [1.54, 1.807) is 0 Å². The number of carbonyl (C=O) groups is 1. The van der Waals surface area contributed by atoms with Crippen molar-refractivity contribution in [2.45, 2.75) is 58.8 Å². The molecule has 1 saturated carbocycles. The largest absolute Gasteiger partial charge is 0.489 e. The number of nitrogens with zero attached hydrogens (tertiary/aromatic N) is 3. The van der Waals surface area contributed by atoms with Gasteiger partial charge in [0, 0.05) is 50.8 Å². The molecule has 2 aliphatic heterocycles. The van der Waals surface area contributed by atoms with Gasteiger partial charge in [-0.25, -0.2) is 4.98 Å². The highest BCUT2D eigenvalue weighted by Gasteiger charge is 2.26. The Labute approximate surface area is 181 Å². The maximum atomic E-state index is 12.0. The van der Waals surface area contributed by atoms with Crippen LogP contribution in [0.15, 0.2) is 23.9 Å². The van der Waals surface area contributed by atoms with Gasteiger partial charge in [-0.1, -0.05) is 18.4 Å². The molecule has 0 spiro atoms. The summed E-state index contributed by atoms with van der Waals surface area (Å²) >= 11 is 0. The van der Waals surface area contributed by atoms with Gasteiger partial charge in [-0.15, -0.1) is 0 Å². The summed E-state index contributed by atoms with van der Waals surface area (Å²) in [7, 11) is 0. The first-order valence-electron chi connectivity index (χ1n) is 11.8. The molecule has 30 heavy (non-hydrogen) atoms. The van der Waals surface area contributed by atoms with Crippen LogP contribution >= 0.6 is 0 Å². The molecule has 1 saturated heterocycles. The molecule has 0 aromatic carbocycles. The fraction of sp³-hybridized carbons (Fsp3) is 0.680. The van der Waals surface area contributed by atoms with Crippen molar-refractivity contribution < 1.29 is 9.53 Å². The number of allylic oxidation sites excluding steroid dienone is 2. The molecule has 5 nitrogen and oxygen atoms in total. The Hall–Kier alpha value is -1.88. The molecule has 0 unspecified atom stereocenters. The van der Waals surface area contributed by atoms with E-state index < -0.39 is 0 Å². The zero-order valence-electron chi connectivity index (χ0n) is 18.7. The molecule has 2 fully saturated rings. The average Bonchev–Trinajstić information content (AvgIpc) is 3.22. The van der Waals surface area contributed by atoms with Gasteiger partial charge in [-0.3, -0.25) is 9.69 Å². The van der Waals surface area contributed by atoms with Crippen molar-refractivity contribution >= 4 is 11.6 Å². The number of anilines is 1. The third-order valence-corrected chi connectivity index (χ3v) is 7.02. The summed E-state index contributed by atoms with van der Waals surface area (Å²) in [5, 5.41) is 0. The van der Waals surface area contributed by atoms with Crippen molar-refractivity contribution in [3.8, 4) is 5.75 Å². The minimum atomic E-state index is 0.320. The van der Waals surface area contributed by atoms with E-state index in [1.807, 2.05) is 26.1 Å². The molecular formula is C25H37N3O2. The van der Waals surface area contributed by atoms with Gasteiger partial charge >= 0.3 is 0 Å². The lowest BCUT2D eigenvalue weighted by atomic mass is 9.78. The number of pyridine rings is 1. The van der Waals surface area contributed by atoms with Gasteiger partial charge < -0.3 is 9.64 Å². The highest BCUT2D eigenvalue weighted by molar-refractivity contribution is 5.90. The average molecular weight is 412 g/mol. The van der Waals surface area contributed by atoms with Gasteiger partial charge in [-0.2, -0.15) is 0 Å². The molecule has 5 heteroatoms. The van der Waals surface area contributed by atoms with Gasteiger partial charge in [0.25, 0.3) is 0 Å². The molecule has 1 aliphatic carbocycles. The Morgan fingerprint density at radius 2 is 1.87 bits per heavy atom. The second kappa shape index (κ2) is 9.95. The molecule has 0 radical (unpaired) electrons. The van der Waals surface area contributed by atoms with Crippen LogP contribution in [-0.4, -0.2) is 55.0 Å². The third-order valence-electron chi connectivity index (χ3n) is 7.02. The predicted molar refractivity (Wildman–Crippen MR) is 121 cm³/mol. The van der Waals surface area contributed by atoms with Crippen LogP contribution in [-0.2, 0) is 11.2 Å². The van der Waals surface area contributed by atoms with Crippen LogP contribution in [0.5, 0.6) is 5.75 Å². The molecule has 0 atom stereocenters. The van der Waals surface area contributed by atoms with E-state index in [1.165, 1.54) is 44.2 Å². The van der Waals surface area contributed by atoms with Crippen LogP contribution in [0.1, 0.15) is 57.9 Å². The number of ketones is 1.